The summed E-state index contributed by atoms with van der Waals surface area (Å²) in [6.45, 7) is 10.6. The summed E-state index contributed by atoms with van der Waals surface area (Å²) < 4.78 is 1.14. The van der Waals surface area contributed by atoms with Crippen molar-refractivity contribution in [3.63, 3.8) is 0 Å². The first-order valence-electron chi connectivity index (χ1n) is 6.51. The van der Waals surface area contributed by atoms with Crippen LogP contribution in [0.2, 0.25) is 0 Å². The van der Waals surface area contributed by atoms with Crippen LogP contribution in [0.1, 0.15) is 24.9 Å². The first kappa shape index (κ1) is 19.9. The lowest BCUT2D eigenvalue weighted by Gasteiger charge is -2.35. The molecule has 0 saturated carbocycles. The maximum absolute atomic E-state index is 4.08. The van der Waals surface area contributed by atoms with Crippen LogP contribution in [0.25, 0.3) is 0 Å². The second-order valence-electron chi connectivity index (χ2n) is 5.01. The van der Waals surface area contributed by atoms with E-state index in [1.807, 2.05) is 0 Å². The number of nitrogens with zero attached hydrogens (tertiary/aromatic N) is 1. The van der Waals surface area contributed by atoms with E-state index in [1.165, 1.54) is 11.1 Å². The third-order valence-electron chi connectivity index (χ3n) is 3.39. The normalized spacial score (nSPS) is 16.7. The maximum Gasteiger partial charge on any atom is 0.0386 e. The Morgan fingerprint density at radius 3 is 2.30 bits per heavy atom. The molecule has 20 heavy (non-hydrogen) atoms. The van der Waals surface area contributed by atoms with Gasteiger partial charge in [-0.2, -0.15) is 0 Å². The highest BCUT2D eigenvalue weighted by Gasteiger charge is 2.21. The molecule has 0 amide bonds. The minimum absolute atomic E-state index is 0. The molecule has 1 N–H and O–H groups in total. The topological polar surface area (TPSA) is 15.3 Å². The third-order valence-corrected chi connectivity index (χ3v) is 3.92. The molecule has 0 radical (unpaired) electrons. The molecule has 0 aliphatic carbocycles. The van der Waals surface area contributed by atoms with Gasteiger partial charge in [0, 0.05) is 36.7 Å². The standard InChI is InChI=1S/C15H21BrN2.2ClH/c1-12(2)11-15(18-9-7-17-8-10-18)13-3-5-14(16)6-4-13;;/h3-6,15,17H,1,7-11H2,2H3;2*1H/t15-;;/m1../s1. The molecule has 1 aromatic rings. The van der Waals surface area contributed by atoms with Crippen LogP contribution < -0.4 is 5.32 Å². The van der Waals surface area contributed by atoms with Crippen molar-refractivity contribution < 1.29 is 0 Å². The van der Waals surface area contributed by atoms with Crippen molar-refractivity contribution in [2.75, 3.05) is 26.2 Å². The molecule has 0 bridgehead atoms. The average Bonchev–Trinajstić information content (AvgIpc) is 2.38. The summed E-state index contributed by atoms with van der Waals surface area (Å²) >= 11 is 3.50. The minimum Gasteiger partial charge on any atom is -0.314 e. The summed E-state index contributed by atoms with van der Waals surface area (Å²) in [4.78, 5) is 2.56. The van der Waals surface area contributed by atoms with E-state index in [-0.39, 0.29) is 24.8 Å². The number of hydrogen-bond acceptors (Lipinski definition) is 2. The van der Waals surface area contributed by atoms with Crippen molar-refractivity contribution in [3.05, 3.63) is 46.5 Å². The predicted molar refractivity (Wildman–Crippen MR) is 95.3 cm³/mol. The van der Waals surface area contributed by atoms with Gasteiger partial charge in [-0.1, -0.05) is 33.6 Å². The van der Waals surface area contributed by atoms with Gasteiger partial charge in [-0.05, 0) is 31.0 Å². The number of hydrogen-bond donors (Lipinski definition) is 1. The molecular weight excluding hydrogens is 359 g/mol. The van der Waals surface area contributed by atoms with Gasteiger partial charge in [0.1, 0.15) is 0 Å². The van der Waals surface area contributed by atoms with Gasteiger partial charge in [0.05, 0.1) is 0 Å². The van der Waals surface area contributed by atoms with Crippen LogP contribution >= 0.6 is 40.7 Å². The molecule has 1 saturated heterocycles. The molecule has 1 heterocycles. The van der Waals surface area contributed by atoms with Crippen LogP contribution in [0, 0.1) is 0 Å². The highest BCUT2D eigenvalue weighted by molar-refractivity contribution is 9.10. The quantitative estimate of drug-likeness (QED) is 0.786. The molecule has 2 nitrogen and oxygen atoms in total. The van der Waals surface area contributed by atoms with E-state index in [1.54, 1.807) is 0 Å². The zero-order chi connectivity index (χ0) is 13.0. The van der Waals surface area contributed by atoms with E-state index in [2.05, 4.69) is 63.9 Å². The van der Waals surface area contributed by atoms with Crippen LogP contribution in [0.15, 0.2) is 40.9 Å². The summed E-state index contributed by atoms with van der Waals surface area (Å²) in [5.74, 6) is 0. The van der Waals surface area contributed by atoms with E-state index in [0.717, 1.165) is 37.1 Å². The van der Waals surface area contributed by atoms with E-state index in [4.69, 9.17) is 0 Å². The number of halogens is 3. The van der Waals surface area contributed by atoms with Gasteiger partial charge in [0.2, 0.25) is 0 Å². The molecule has 1 atom stereocenters. The van der Waals surface area contributed by atoms with Crippen LogP contribution in [-0.2, 0) is 0 Å². The van der Waals surface area contributed by atoms with Crippen molar-refractivity contribution in [2.45, 2.75) is 19.4 Å². The Hall–Kier alpha value is -0.0600. The summed E-state index contributed by atoms with van der Waals surface area (Å²) in [7, 11) is 0. The minimum atomic E-state index is 0. The monoisotopic (exact) mass is 380 g/mol. The highest BCUT2D eigenvalue weighted by atomic mass is 79.9. The Labute approximate surface area is 143 Å². The fourth-order valence-corrected chi connectivity index (χ4v) is 2.73. The predicted octanol–water partition coefficient (Wildman–Crippen LogP) is 4.21. The van der Waals surface area contributed by atoms with E-state index in [9.17, 15) is 0 Å². The smallest absolute Gasteiger partial charge is 0.0386 e. The zero-order valence-corrected chi connectivity index (χ0v) is 15.0. The van der Waals surface area contributed by atoms with Crippen LogP contribution in [0.3, 0.4) is 0 Å². The lowest BCUT2D eigenvalue weighted by Crippen LogP contribution is -2.45. The van der Waals surface area contributed by atoms with Crippen LogP contribution in [0.5, 0.6) is 0 Å². The van der Waals surface area contributed by atoms with Crippen molar-refractivity contribution in [1.29, 1.82) is 0 Å². The number of benzene rings is 1. The van der Waals surface area contributed by atoms with E-state index < -0.39 is 0 Å². The van der Waals surface area contributed by atoms with Gasteiger partial charge in [0.15, 0.2) is 0 Å². The van der Waals surface area contributed by atoms with E-state index >= 15 is 0 Å². The number of piperazine rings is 1. The third kappa shape index (κ3) is 5.74. The largest absolute Gasteiger partial charge is 0.314 e. The van der Waals surface area contributed by atoms with E-state index in [0.29, 0.717) is 6.04 Å². The summed E-state index contributed by atoms with van der Waals surface area (Å²) in [6.07, 6.45) is 1.04. The van der Waals surface area contributed by atoms with Gasteiger partial charge in [-0.15, -0.1) is 31.4 Å². The first-order valence-corrected chi connectivity index (χ1v) is 7.31. The molecule has 1 fully saturated rings. The molecule has 1 aliphatic rings. The second-order valence-corrected chi connectivity index (χ2v) is 5.93. The Bertz CT molecular complexity index is 403. The van der Waals surface area contributed by atoms with Crippen molar-refractivity contribution >= 4 is 40.7 Å². The lowest BCUT2D eigenvalue weighted by molar-refractivity contribution is 0.172. The Kier molecular flexibility index (Phi) is 9.77. The molecular formula is C15H23BrCl2N2. The van der Waals surface area contributed by atoms with Crippen molar-refractivity contribution in [2.24, 2.45) is 0 Å². The zero-order valence-electron chi connectivity index (χ0n) is 11.8. The Balaban J connectivity index is 0.00000180. The summed E-state index contributed by atoms with van der Waals surface area (Å²) in [6, 6.07) is 9.17. The molecule has 2 rings (SSSR count). The maximum atomic E-state index is 4.08. The number of rotatable bonds is 4. The Morgan fingerprint density at radius 2 is 1.80 bits per heavy atom. The first-order chi connectivity index (χ1) is 8.66. The highest BCUT2D eigenvalue weighted by Crippen LogP contribution is 2.28. The lowest BCUT2D eigenvalue weighted by atomic mass is 9.98. The summed E-state index contributed by atoms with van der Waals surface area (Å²) in [5, 5.41) is 3.41. The van der Waals surface area contributed by atoms with Crippen LogP contribution in [0.4, 0.5) is 0 Å². The molecule has 0 spiro atoms. The summed E-state index contributed by atoms with van der Waals surface area (Å²) in [5.41, 5.74) is 2.64. The van der Waals surface area contributed by atoms with Crippen molar-refractivity contribution in [3.8, 4) is 0 Å². The van der Waals surface area contributed by atoms with Gasteiger partial charge in [0.25, 0.3) is 0 Å². The van der Waals surface area contributed by atoms with Gasteiger partial charge >= 0.3 is 0 Å². The number of nitrogens with one attached hydrogen (secondary N) is 1. The van der Waals surface area contributed by atoms with Crippen molar-refractivity contribution in [1.82, 2.24) is 10.2 Å². The van der Waals surface area contributed by atoms with Crippen LogP contribution in [-0.4, -0.2) is 31.1 Å². The Morgan fingerprint density at radius 1 is 1.25 bits per heavy atom. The fraction of sp³-hybridized carbons (Fsp3) is 0.467. The fourth-order valence-electron chi connectivity index (χ4n) is 2.47. The molecule has 0 unspecified atom stereocenters. The molecule has 0 aromatic heterocycles. The molecule has 114 valence electrons. The van der Waals surface area contributed by atoms with Gasteiger partial charge in [-0.3, -0.25) is 4.90 Å². The molecule has 1 aromatic carbocycles. The molecule has 5 heteroatoms. The second kappa shape index (κ2) is 9.80. The molecule has 1 aliphatic heterocycles. The van der Waals surface area contributed by atoms with Gasteiger partial charge in [-0.25, -0.2) is 0 Å². The SMILES string of the molecule is C=C(C)C[C@H](c1ccc(Br)cc1)N1CCNCC1.Cl.Cl. The van der Waals surface area contributed by atoms with Gasteiger partial charge < -0.3 is 5.32 Å². The average molecular weight is 382 g/mol.